The van der Waals surface area contributed by atoms with Gasteiger partial charge < -0.3 is 5.32 Å². The summed E-state index contributed by atoms with van der Waals surface area (Å²) in [5, 5.41) is 3.32. The first-order chi connectivity index (χ1) is 6.24. The van der Waals surface area contributed by atoms with Gasteiger partial charge >= 0.3 is 0 Å². The molecule has 0 saturated heterocycles. The van der Waals surface area contributed by atoms with E-state index >= 15 is 0 Å². The molecule has 0 heterocycles. The number of rotatable bonds is 2. The molecule has 1 aliphatic rings. The fourth-order valence-electron chi connectivity index (χ4n) is 1.55. The summed E-state index contributed by atoms with van der Waals surface area (Å²) in [7, 11) is 2.07. The van der Waals surface area contributed by atoms with E-state index in [1.807, 2.05) is 0 Å². The minimum atomic E-state index is 0.821. The summed E-state index contributed by atoms with van der Waals surface area (Å²) in [6.07, 6.45) is 8.26. The molecule has 0 aromatic carbocycles. The molecule has 1 nitrogen and oxygen atoms in total. The first-order valence-electron chi connectivity index (χ1n) is 5.91. The summed E-state index contributed by atoms with van der Waals surface area (Å²) < 4.78 is 0. The average Bonchev–Trinajstić information content (AvgIpc) is 2.19. The highest BCUT2D eigenvalue weighted by Gasteiger charge is 2.15. The van der Waals surface area contributed by atoms with Crippen LogP contribution in [0, 0.1) is 5.92 Å². The largest absolute Gasteiger partial charge is 0.317 e. The van der Waals surface area contributed by atoms with Crippen LogP contribution in [0.4, 0.5) is 0 Å². The second-order valence-electron chi connectivity index (χ2n) is 4.25. The fraction of sp³-hybridized carbons (Fsp3) is 1.00. The lowest BCUT2D eigenvalue weighted by molar-refractivity contribution is 0.319. The maximum atomic E-state index is 3.32. The monoisotopic (exact) mass is 185 g/mol. The second kappa shape index (κ2) is 8.55. The van der Waals surface area contributed by atoms with Crippen LogP contribution in [0.1, 0.15) is 59.3 Å². The van der Waals surface area contributed by atoms with Crippen LogP contribution in [0.15, 0.2) is 0 Å². The zero-order valence-electron chi connectivity index (χ0n) is 9.90. The SMILES string of the molecule is CCCC.CNC1CCC(C)CC1. The molecule has 1 aliphatic carbocycles. The van der Waals surface area contributed by atoms with Crippen molar-refractivity contribution in [3.8, 4) is 0 Å². The van der Waals surface area contributed by atoms with Gasteiger partial charge in [-0.2, -0.15) is 0 Å². The molecule has 0 radical (unpaired) electrons. The van der Waals surface area contributed by atoms with Crippen LogP contribution in [0.3, 0.4) is 0 Å². The Morgan fingerprint density at radius 2 is 1.46 bits per heavy atom. The molecule has 0 aliphatic heterocycles. The second-order valence-corrected chi connectivity index (χ2v) is 4.25. The van der Waals surface area contributed by atoms with Crippen molar-refractivity contribution >= 4 is 0 Å². The van der Waals surface area contributed by atoms with E-state index in [4.69, 9.17) is 0 Å². The number of nitrogens with one attached hydrogen (secondary N) is 1. The van der Waals surface area contributed by atoms with E-state index in [0.29, 0.717) is 0 Å². The van der Waals surface area contributed by atoms with Crippen molar-refractivity contribution < 1.29 is 0 Å². The van der Waals surface area contributed by atoms with Gasteiger partial charge in [-0.1, -0.05) is 33.6 Å². The molecule has 0 bridgehead atoms. The zero-order chi connectivity index (χ0) is 10.1. The van der Waals surface area contributed by atoms with Crippen molar-refractivity contribution in [2.24, 2.45) is 5.92 Å². The molecule has 13 heavy (non-hydrogen) atoms. The summed E-state index contributed by atoms with van der Waals surface area (Å²) in [5.74, 6) is 0.981. The molecule has 80 valence electrons. The highest BCUT2D eigenvalue weighted by molar-refractivity contribution is 4.73. The maximum absolute atomic E-state index is 3.32. The van der Waals surface area contributed by atoms with Crippen molar-refractivity contribution in [3.05, 3.63) is 0 Å². The molecule has 1 fully saturated rings. The Bertz CT molecular complexity index is 91.3. The van der Waals surface area contributed by atoms with Crippen LogP contribution in [-0.2, 0) is 0 Å². The van der Waals surface area contributed by atoms with Crippen LogP contribution in [0.25, 0.3) is 0 Å². The highest BCUT2D eigenvalue weighted by Crippen LogP contribution is 2.22. The van der Waals surface area contributed by atoms with E-state index in [1.165, 1.54) is 38.5 Å². The van der Waals surface area contributed by atoms with Crippen LogP contribution in [0.5, 0.6) is 0 Å². The van der Waals surface area contributed by atoms with Gasteiger partial charge in [0.1, 0.15) is 0 Å². The van der Waals surface area contributed by atoms with Gasteiger partial charge in [-0.25, -0.2) is 0 Å². The van der Waals surface area contributed by atoms with Crippen molar-refractivity contribution in [1.29, 1.82) is 0 Å². The van der Waals surface area contributed by atoms with Gasteiger partial charge in [0.15, 0.2) is 0 Å². The minimum Gasteiger partial charge on any atom is -0.317 e. The Labute approximate surface area is 84.3 Å². The first kappa shape index (κ1) is 13.0. The first-order valence-corrected chi connectivity index (χ1v) is 5.91. The normalized spacial score (nSPS) is 27.7. The molecule has 0 atom stereocenters. The Balaban J connectivity index is 0.000000310. The summed E-state index contributed by atoms with van der Waals surface area (Å²) >= 11 is 0. The van der Waals surface area contributed by atoms with Crippen LogP contribution in [-0.4, -0.2) is 13.1 Å². The fourth-order valence-corrected chi connectivity index (χ4v) is 1.55. The van der Waals surface area contributed by atoms with Gasteiger partial charge in [0.2, 0.25) is 0 Å². The third-order valence-electron chi connectivity index (χ3n) is 2.92. The molecule has 0 unspecified atom stereocenters. The highest BCUT2D eigenvalue weighted by atomic mass is 14.9. The van der Waals surface area contributed by atoms with Crippen LogP contribution < -0.4 is 5.32 Å². The van der Waals surface area contributed by atoms with Crippen molar-refractivity contribution in [1.82, 2.24) is 5.32 Å². The Morgan fingerprint density at radius 3 is 1.77 bits per heavy atom. The predicted octanol–water partition coefficient (Wildman–Crippen LogP) is 3.59. The van der Waals surface area contributed by atoms with Crippen molar-refractivity contribution in [2.75, 3.05) is 7.05 Å². The number of hydrogen-bond donors (Lipinski definition) is 1. The Morgan fingerprint density at radius 1 is 1.00 bits per heavy atom. The van der Waals surface area contributed by atoms with E-state index < -0.39 is 0 Å². The average molecular weight is 185 g/mol. The van der Waals surface area contributed by atoms with Gasteiger partial charge in [-0.05, 0) is 38.6 Å². The van der Waals surface area contributed by atoms with Gasteiger partial charge in [-0.3, -0.25) is 0 Å². The van der Waals surface area contributed by atoms with Gasteiger partial charge in [0.05, 0.1) is 0 Å². The summed E-state index contributed by atoms with van der Waals surface area (Å²) in [4.78, 5) is 0. The van der Waals surface area contributed by atoms with Gasteiger partial charge in [0, 0.05) is 6.04 Å². The molecule has 0 aromatic rings. The molecular weight excluding hydrogens is 158 g/mol. The van der Waals surface area contributed by atoms with E-state index in [1.54, 1.807) is 0 Å². The molecule has 1 heteroatoms. The third-order valence-corrected chi connectivity index (χ3v) is 2.92. The smallest absolute Gasteiger partial charge is 0.00642 e. The standard InChI is InChI=1S/C8H17N.C4H10/c1-7-3-5-8(9-2)6-4-7;1-3-4-2/h7-9H,3-6H2,1-2H3;3-4H2,1-2H3. The lowest BCUT2D eigenvalue weighted by atomic mass is 9.87. The molecule has 1 N–H and O–H groups in total. The topological polar surface area (TPSA) is 12.0 Å². The van der Waals surface area contributed by atoms with Crippen molar-refractivity contribution in [2.45, 2.75) is 65.3 Å². The van der Waals surface area contributed by atoms with Crippen LogP contribution >= 0.6 is 0 Å². The Hall–Kier alpha value is -0.0400. The lowest BCUT2D eigenvalue weighted by Gasteiger charge is -2.25. The quantitative estimate of drug-likeness (QED) is 0.693. The van der Waals surface area contributed by atoms with Crippen molar-refractivity contribution in [3.63, 3.8) is 0 Å². The van der Waals surface area contributed by atoms with Gasteiger partial charge in [-0.15, -0.1) is 0 Å². The maximum Gasteiger partial charge on any atom is 0.00642 e. The molecule has 0 aromatic heterocycles. The van der Waals surface area contributed by atoms with E-state index in [9.17, 15) is 0 Å². The van der Waals surface area contributed by atoms with E-state index in [2.05, 4.69) is 33.1 Å². The Kier molecular flexibility index (Phi) is 8.53. The van der Waals surface area contributed by atoms with E-state index in [-0.39, 0.29) is 0 Å². The molecule has 0 spiro atoms. The zero-order valence-corrected chi connectivity index (χ0v) is 9.90. The van der Waals surface area contributed by atoms with Gasteiger partial charge in [0.25, 0.3) is 0 Å². The van der Waals surface area contributed by atoms with E-state index in [0.717, 1.165) is 12.0 Å². The number of hydrogen-bond acceptors (Lipinski definition) is 1. The number of unbranched alkanes of at least 4 members (excludes halogenated alkanes) is 1. The summed E-state index contributed by atoms with van der Waals surface area (Å²) in [5.41, 5.74) is 0. The molecule has 0 amide bonds. The summed E-state index contributed by atoms with van der Waals surface area (Å²) in [6, 6.07) is 0.821. The minimum absolute atomic E-state index is 0.821. The predicted molar refractivity (Wildman–Crippen MR) is 61.1 cm³/mol. The van der Waals surface area contributed by atoms with Crippen LogP contribution in [0.2, 0.25) is 0 Å². The molecule has 1 saturated carbocycles. The molecular formula is C12H27N. The molecule has 1 rings (SSSR count). The third kappa shape index (κ3) is 7.06. The summed E-state index contributed by atoms with van der Waals surface area (Å²) in [6.45, 7) is 6.71. The lowest BCUT2D eigenvalue weighted by Crippen LogP contribution is -2.29.